The maximum absolute atomic E-state index is 13.6. The number of hydrogen-bond acceptors (Lipinski definition) is 4. The molecule has 32 heavy (non-hydrogen) atoms. The van der Waals surface area contributed by atoms with E-state index < -0.39 is 0 Å². The largest absolute Gasteiger partial charge is 0.497 e. The molecule has 2 unspecified atom stereocenters. The Bertz CT molecular complexity index is 1350. The number of fused-ring (bicyclic) bond motifs is 3. The number of carbonyl (C=O) groups excluding carboxylic acids is 1. The van der Waals surface area contributed by atoms with E-state index in [-0.39, 0.29) is 17.7 Å². The highest BCUT2D eigenvalue weighted by Gasteiger charge is 2.39. The van der Waals surface area contributed by atoms with Crippen LogP contribution in [0.3, 0.4) is 0 Å². The number of para-hydroxylation sites is 2. The molecule has 0 saturated carbocycles. The average molecular weight is 422 g/mol. The molecule has 5 heteroatoms. The third kappa shape index (κ3) is 2.93. The van der Waals surface area contributed by atoms with Gasteiger partial charge < -0.3 is 10.1 Å². The van der Waals surface area contributed by atoms with Crippen LogP contribution < -0.4 is 10.1 Å². The summed E-state index contributed by atoms with van der Waals surface area (Å²) in [5.74, 6) is 1.94. The fraction of sp³-hybridized carbons (Fsp3) is 0.185. The van der Waals surface area contributed by atoms with Crippen molar-refractivity contribution in [2.75, 3.05) is 12.4 Å². The van der Waals surface area contributed by atoms with Crippen LogP contribution in [-0.2, 0) is 4.79 Å². The highest BCUT2D eigenvalue weighted by atomic mass is 16.5. The monoisotopic (exact) mass is 421 g/mol. The topological polar surface area (TPSA) is 56.1 Å². The number of ketones is 1. The number of aromatic nitrogens is 2. The molecule has 2 aliphatic rings. The highest BCUT2D eigenvalue weighted by Crippen LogP contribution is 2.46. The van der Waals surface area contributed by atoms with E-state index in [2.05, 4.69) is 40.2 Å². The van der Waals surface area contributed by atoms with Gasteiger partial charge in [0.25, 0.3) is 0 Å². The molecule has 1 aromatic heterocycles. The van der Waals surface area contributed by atoms with E-state index >= 15 is 0 Å². The number of nitrogens with zero attached hydrogens (tertiary/aromatic N) is 2. The van der Waals surface area contributed by atoms with Crippen LogP contribution >= 0.6 is 0 Å². The highest BCUT2D eigenvalue weighted by molar-refractivity contribution is 6.01. The van der Waals surface area contributed by atoms with E-state index in [4.69, 9.17) is 9.72 Å². The number of imidazole rings is 1. The zero-order chi connectivity index (χ0) is 21.7. The smallest absolute Gasteiger partial charge is 0.209 e. The molecule has 0 saturated heterocycles. The number of Topliss-reactive ketones (excluding diaryl/α,β-unsaturated/α-hetero) is 1. The van der Waals surface area contributed by atoms with Crippen LogP contribution in [0.15, 0.2) is 90.1 Å². The molecule has 0 spiro atoms. The first-order chi connectivity index (χ1) is 15.7. The van der Waals surface area contributed by atoms with Crippen LogP contribution in [0.2, 0.25) is 0 Å². The summed E-state index contributed by atoms with van der Waals surface area (Å²) < 4.78 is 7.47. The fourth-order valence-electron chi connectivity index (χ4n) is 5.09. The normalized spacial score (nSPS) is 20.0. The van der Waals surface area contributed by atoms with Crippen molar-refractivity contribution in [1.82, 2.24) is 9.55 Å². The van der Waals surface area contributed by atoms with E-state index in [1.807, 2.05) is 48.5 Å². The van der Waals surface area contributed by atoms with Crippen molar-refractivity contribution in [3.05, 3.63) is 101 Å². The number of rotatable bonds is 3. The Morgan fingerprint density at radius 2 is 1.66 bits per heavy atom. The van der Waals surface area contributed by atoms with Gasteiger partial charge in [0.15, 0.2) is 5.78 Å². The molecule has 4 aromatic rings. The Balaban J connectivity index is 1.48. The molecule has 5 nitrogen and oxygen atoms in total. The van der Waals surface area contributed by atoms with Gasteiger partial charge in [-0.05, 0) is 47.7 Å². The Hall–Kier alpha value is -3.86. The van der Waals surface area contributed by atoms with Crippen molar-refractivity contribution in [1.29, 1.82) is 0 Å². The van der Waals surface area contributed by atoms with Crippen LogP contribution in [0, 0.1) is 0 Å². The lowest BCUT2D eigenvalue weighted by atomic mass is 9.77. The standard InChI is InChI=1S/C27H23N3O2/c1-32-20-13-11-17(12-14-20)19-15-22-25(24(31)16-19)26(18-7-3-2-4-8-18)30-23-10-6-5-9-21(23)28-27(30)29-22/h2-14,19,26H,15-16H2,1H3,(H,28,29). The van der Waals surface area contributed by atoms with Crippen LogP contribution in [0.1, 0.15) is 35.9 Å². The molecule has 6 rings (SSSR count). The van der Waals surface area contributed by atoms with Gasteiger partial charge in [0.1, 0.15) is 5.75 Å². The maximum Gasteiger partial charge on any atom is 0.209 e. The molecule has 1 N–H and O–H groups in total. The molecule has 2 atom stereocenters. The van der Waals surface area contributed by atoms with Crippen LogP contribution in [0.4, 0.5) is 5.95 Å². The fourth-order valence-corrected chi connectivity index (χ4v) is 5.09. The first kappa shape index (κ1) is 18.9. The van der Waals surface area contributed by atoms with Gasteiger partial charge in [0.2, 0.25) is 5.95 Å². The molecular weight excluding hydrogens is 398 g/mol. The Morgan fingerprint density at radius 1 is 0.906 bits per heavy atom. The summed E-state index contributed by atoms with van der Waals surface area (Å²) in [6, 6.07) is 26.3. The van der Waals surface area contributed by atoms with Gasteiger partial charge in [-0.1, -0.05) is 54.6 Å². The number of benzene rings is 3. The number of carbonyl (C=O) groups is 1. The summed E-state index contributed by atoms with van der Waals surface area (Å²) in [5, 5.41) is 3.53. The Labute approximate surface area is 186 Å². The average Bonchev–Trinajstić information content (AvgIpc) is 3.21. The van der Waals surface area contributed by atoms with Gasteiger partial charge in [-0.3, -0.25) is 9.36 Å². The van der Waals surface area contributed by atoms with Crippen LogP contribution in [0.5, 0.6) is 5.75 Å². The van der Waals surface area contributed by atoms with Crippen LogP contribution in [0.25, 0.3) is 11.0 Å². The first-order valence-electron chi connectivity index (χ1n) is 10.9. The lowest BCUT2D eigenvalue weighted by molar-refractivity contribution is -0.116. The molecule has 0 radical (unpaired) electrons. The SMILES string of the molecule is COc1ccc(C2CC(=O)C3=C(C2)Nc2nc4ccccc4n2C3c2ccccc2)cc1. The van der Waals surface area contributed by atoms with E-state index in [1.165, 1.54) is 0 Å². The molecule has 1 aliphatic heterocycles. The van der Waals surface area contributed by atoms with Crippen molar-refractivity contribution in [2.24, 2.45) is 0 Å². The van der Waals surface area contributed by atoms with Gasteiger partial charge in [-0.15, -0.1) is 0 Å². The summed E-state index contributed by atoms with van der Waals surface area (Å²) in [6.45, 7) is 0. The van der Waals surface area contributed by atoms with E-state index in [1.54, 1.807) is 7.11 Å². The lowest BCUT2D eigenvalue weighted by Gasteiger charge is -2.36. The zero-order valence-electron chi connectivity index (χ0n) is 17.8. The second kappa shape index (κ2) is 7.38. The molecule has 0 amide bonds. The minimum absolute atomic E-state index is 0.131. The van der Waals surface area contributed by atoms with E-state index in [0.717, 1.165) is 51.5 Å². The van der Waals surface area contributed by atoms with Gasteiger partial charge in [-0.25, -0.2) is 4.98 Å². The molecule has 0 bridgehead atoms. The summed E-state index contributed by atoms with van der Waals surface area (Å²) in [5.41, 5.74) is 6.05. The predicted octanol–water partition coefficient (Wildman–Crippen LogP) is 5.46. The van der Waals surface area contributed by atoms with Crippen molar-refractivity contribution >= 4 is 22.8 Å². The van der Waals surface area contributed by atoms with Gasteiger partial charge in [0, 0.05) is 17.7 Å². The Kier molecular flexibility index (Phi) is 4.35. The molecule has 0 fully saturated rings. The molecule has 158 valence electrons. The summed E-state index contributed by atoms with van der Waals surface area (Å²) >= 11 is 0. The van der Waals surface area contributed by atoms with Crippen molar-refractivity contribution in [3.63, 3.8) is 0 Å². The summed E-state index contributed by atoms with van der Waals surface area (Å²) in [4.78, 5) is 18.5. The number of methoxy groups -OCH3 is 1. The van der Waals surface area contributed by atoms with E-state index in [9.17, 15) is 4.79 Å². The third-order valence-corrected chi connectivity index (χ3v) is 6.60. The van der Waals surface area contributed by atoms with Gasteiger partial charge in [-0.2, -0.15) is 0 Å². The van der Waals surface area contributed by atoms with E-state index in [0.29, 0.717) is 6.42 Å². The second-order valence-corrected chi connectivity index (χ2v) is 8.43. The maximum atomic E-state index is 13.6. The second-order valence-electron chi connectivity index (χ2n) is 8.43. The minimum Gasteiger partial charge on any atom is -0.497 e. The van der Waals surface area contributed by atoms with Crippen molar-refractivity contribution < 1.29 is 9.53 Å². The van der Waals surface area contributed by atoms with Crippen molar-refractivity contribution in [3.8, 4) is 5.75 Å². The van der Waals surface area contributed by atoms with Gasteiger partial charge in [0.05, 0.1) is 24.2 Å². The molecular formula is C27H23N3O2. The minimum atomic E-state index is -0.181. The summed E-state index contributed by atoms with van der Waals surface area (Å²) in [7, 11) is 1.66. The predicted molar refractivity (Wildman–Crippen MR) is 125 cm³/mol. The molecule has 3 aromatic carbocycles. The quantitative estimate of drug-likeness (QED) is 0.477. The lowest BCUT2D eigenvalue weighted by Crippen LogP contribution is -2.33. The first-order valence-corrected chi connectivity index (χ1v) is 10.9. The number of ether oxygens (including phenoxy) is 1. The zero-order valence-corrected chi connectivity index (χ0v) is 17.8. The van der Waals surface area contributed by atoms with Gasteiger partial charge >= 0.3 is 0 Å². The number of nitrogens with one attached hydrogen (secondary N) is 1. The molecule has 2 heterocycles. The van der Waals surface area contributed by atoms with Crippen molar-refractivity contribution in [2.45, 2.75) is 24.8 Å². The third-order valence-electron chi connectivity index (χ3n) is 6.60. The number of hydrogen-bond donors (Lipinski definition) is 1. The molecule has 1 aliphatic carbocycles. The number of anilines is 1. The Morgan fingerprint density at radius 3 is 2.44 bits per heavy atom. The number of allylic oxidation sites excluding steroid dienone is 2. The van der Waals surface area contributed by atoms with Crippen LogP contribution in [-0.4, -0.2) is 22.4 Å². The summed E-state index contributed by atoms with van der Waals surface area (Å²) in [6.07, 6.45) is 1.28.